The fourth-order valence-electron chi connectivity index (χ4n) is 2.84. The van der Waals surface area contributed by atoms with E-state index in [0.717, 1.165) is 33.2 Å². The molecule has 0 radical (unpaired) electrons. The van der Waals surface area contributed by atoms with Gasteiger partial charge in [0.25, 0.3) is 5.91 Å². The monoisotopic (exact) mass is 501 g/mol. The molecule has 4 nitrogen and oxygen atoms in total. The fourth-order valence-corrected chi connectivity index (χ4v) is 4.54. The number of carbonyl (C=O) groups excluding carboxylic acids is 1. The van der Waals surface area contributed by atoms with Crippen LogP contribution < -0.4 is 4.90 Å². The van der Waals surface area contributed by atoms with Crippen molar-refractivity contribution in [3.8, 4) is 0 Å². The van der Waals surface area contributed by atoms with Crippen LogP contribution in [0.1, 0.15) is 22.3 Å². The lowest BCUT2D eigenvalue weighted by Gasteiger charge is -2.21. The van der Waals surface area contributed by atoms with Crippen LogP contribution in [0.25, 0.3) is 10.2 Å². The number of hydrogen-bond donors (Lipinski definition) is 0. The second kappa shape index (κ2) is 10.0. The third kappa shape index (κ3) is 5.45. The summed E-state index contributed by atoms with van der Waals surface area (Å²) in [5.41, 5.74) is 2.57. The van der Waals surface area contributed by atoms with Gasteiger partial charge >= 0.3 is 0 Å². The predicted octanol–water partition coefficient (Wildman–Crippen LogP) is 6.04. The van der Waals surface area contributed by atoms with Gasteiger partial charge in [0.2, 0.25) is 0 Å². The van der Waals surface area contributed by atoms with Crippen molar-refractivity contribution in [3.63, 3.8) is 0 Å². The van der Waals surface area contributed by atoms with Crippen molar-refractivity contribution in [2.75, 3.05) is 32.1 Å². The number of thiazole rings is 1. The summed E-state index contributed by atoms with van der Waals surface area (Å²) in [4.78, 5) is 21.9. The van der Waals surface area contributed by atoms with E-state index in [1.165, 1.54) is 11.3 Å². The van der Waals surface area contributed by atoms with Gasteiger partial charge in [0.1, 0.15) is 0 Å². The van der Waals surface area contributed by atoms with Crippen LogP contribution in [0.2, 0.25) is 5.02 Å². The molecule has 0 spiro atoms. The van der Waals surface area contributed by atoms with Crippen LogP contribution in [-0.4, -0.2) is 43.0 Å². The fraction of sp³-hybridized carbons (Fsp3) is 0.300. The predicted molar refractivity (Wildman–Crippen MR) is 126 cm³/mol. The molecule has 0 aliphatic heterocycles. The van der Waals surface area contributed by atoms with Crippen LogP contribution >= 0.6 is 51.3 Å². The molecular formula is C20H22BrCl2N3OS. The van der Waals surface area contributed by atoms with Crippen molar-refractivity contribution >= 4 is 72.5 Å². The number of amides is 1. The Morgan fingerprint density at radius 3 is 2.50 bits per heavy atom. The average Bonchev–Trinajstić information content (AvgIpc) is 3.02. The maximum atomic E-state index is 13.2. The van der Waals surface area contributed by atoms with Crippen LogP contribution in [0.15, 0.2) is 40.9 Å². The highest BCUT2D eigenvalue weighted by Crippen LogP contribution is 2.33. The van der Waals surface area contributed by atoms with E-state index in [0.29, 0.717) is 22.3 Å². The van der Waals surface area contributed by atoms with Crippen molar-refractivity contribution in [1.29, 1.82) is 0 Å². The molecule has 0 aliphatic carbocycles. The lowest BCUT2D eigenvalue weighted by Crippen LogP contribution is -2.33. The van der Waals surface area contributed by atoms with E-state index in [1.54, 1.807) is 4.90 Å². The van der Waals surface area contributed by atoms with Crippen LogP contribution in [0.4, 0.5) is 5.13 Å². The maximum Gasteiger partial charge on any atom is 0.260 e. The van der Waals surface area contributed by atoms with E-state index in [9.17, 15) is 4.79 Å². The second-order valence-corrected chi connectivity index (χ2v) is 9.05. The molecule has 0 atom stereocenters. The number of anilines is 1. The summed E-state index contributed by atoms with van der Waals surface area (Å²) in [7, 11) is 4.06. The Kier molecular flexibility index (Phi) is 8.28. The molecule has 3 aromatic rings. The number of aryl methyl sites for hydroxylation is 1. The largest absolute Gasteiger partial charge is 0.309 e. The highest BCUT2D eigenvalue weighted by molar-refractivity contribution is 9.10. The summed E-state index contributed by atoms with van der Waals surface area (Å²) in [6.07, 6.45) is 0.866. The minimum atomic E-state index is -0.0379. The lowest BCUT2D eigenvalue weighted by molar-refractivity contribution is 0.0986. The summed E-state index contributed by atoms with van der Waals surface area (Å²) in [5, 5.41) is 1.40. The van der Waals surface area contributed by atoms with Gasteiger partial charge < -0.3 is 4.90 Å². The Morgan fingerprint density at radius 1 is 1.18 bits per heavy atom. The van der Waals surface area contributed by atoms with Crippen molar-refractivity contribution < 1.29 is 4.79 Å². The Morgan fingerprint density at radius 2 is 1.86 bits per heavy atom. The van der Waals surface area contributed by atoms with Gasteiger partial charge in [-0.05, 0) is 75.9 Å². The van der Waals surface area contributed by atoms with Gasteiger partial charge in [0.05, 0.1) is 10.2 Å². The van der Waals surface area contributed by atoms with Crippen LogP contribution in [0.5, 0.6) is 0 Å². The Labute approximate surface area is 189 Å². The number of hydrogen-bond acceptors (Lipinski definition) is 4. The molecule has 8 heteroatoms. The normalized spacial score (nSPS) is 10.9. The quantitative estimate of drug-likeness (QED) is 0.412. The number of halogens is 3. The molecule has 0 saturated carbocycles. The number of rotatable bonds is 6. The third-order valence-electron chi connectivity index (χ3n) is 4.19. The minimum absolute atomic E-state index is 0. The van der Waals surface area contributed by atoms with E-state index in [2.05, 4.69) is 20.8 Å². The molecule has 0 saturated heterocycles. The maximum absolute atomic E-state index is 13.2. The molecule has 0 unspecified atom stereocenters. The second-order valence-electron chi connectivity index (χ2n) is 6.69. The standard InChI is InChI=1S/C20H21BrClN3OS.ClH/c1-13-11-16(22)12-17-18(13)23-20(27-17)25(10-4-9-24(2)3)19(26)14-5-7-15(21)8-6-14;/h5-8,11-12H,4,9-10H2,1-3H3;1H. The zero-order chi connectivity index (χ0) is 19.6. The molecule has 28 heavy (non-hydrogen) atoms. The highest BCUT2D eigenvalue weighted by atomic mass is 79.9. The number of carbonyl (C=O) groups is 1. The van der Waals surface area contributed by atoms with E-state index >= 15 is 0 Å². The summed E-state index contributed by atoms with van der Waals surface area (Å²) in [5.74, 6) is -0.0379. The Bertz CT molecular complexity index is 960. The summed E-state index contributed by atoms with van der Waals surface area (Å²) in [6, 6.07) is 11.2. The first kappa shape index (κ1) is 23.1. The SMILES string of the molecule is Cc1cc(Cl)cc2sc(N(CCCN(C)C)C(=O)c3ccc(Br)cc3)nc12.Cl. The molecule has 0 aliphatic rings. The van der Waals surface area contributed by atoms with Crippen molar-refractivity contribution in [3.05, 3.63) is 57.0 Å². The molecule has 2 aromatic carbocycles. The molecule has 0 bridgehead atoms. The van der Waals surface area contributed by atoms with E-state index in [-0.39, 0.29) is 18.3 Å². The van der Waals surface area contributed by atoms with Gasteiger partial charge in [-0.2, -0.15) is 0 Å². The molecular weight excluding hydrogens is 481 g/mol. The molecule has 0 fully saturated rings. The van der Waals surface area contributed by atoms with Crippen molar-refractivity contribution in [2.24, 2.45) is 0 Å². The topological polar surface area (TPSA) is 36.4 Å². The molecule has 1 aromatic heterocycles. The van der Waals surface area contributed by atoms with Crippen molar-refractivity contribution in [2.45, 2.75) is 13.3 Å². The Balaban J connectivity index is 0.00000280. The minimum Gasteiger partial charge on any atom is -0.309 e. The van der Waals surface area contributed by atoms with E-state index in [1.807, 2.05) is 57.4 Å². The van der Waals surface area contributed by atoms with Gasteiger partial charge in [-0.15, -0.1) is 12.4 Å². The molecule has 0 N–H and O–H groups in total. The van der Waals surface area contributed by atoms with Crippen LogP contribution in [-0.2, 0) is 0 Å². The zero-order valence-electron chi connectivity index (χ0n) is 15.9. The van der Waals surface area contributed by atoms with Gasteiger partial charge in [-0.3, -0.25) is 9.69 Å². The average molecular weight is 503 g/mol. The lowest BCUT2D eigenvalue weighted by atomic mass is 10.2. The number of nitrogens with zero attached hydrogens (tertiary/aromatic N) is 3. The first-order valence-corrected chi connectivity index (χ1v) is 10.6. The number of benzene rings is 2. The summed E-state index contributed by atoms with van der Waals surface area (Å²) >= 11 is 11.1. The first-order valence-electron chi connectivity index (χ1n) is 8.64. The summed E-state index contributed by atoms with van der Waals surface area (Å²) in [6.45, 7) is 3.50. The van der Waals surface area contributed by atoms with Gasteiger partial charge in [-0.1, -0.05) is 38.9 Å². The zero-order valence-corrected chi connectivity index (χ0v) is 19.9. The van der Waals surface area contributed by atoms with Gasteiger partial charge in [0, 0.05) is 21.6 Å². The smallest absolute Gasteiger partial charge is 0.260 e. The number of fused-ring (bicyclic) bond motifs is 1. The van der Waals surface area contributed by atoms with Gasteiger partial charge in [0.15, 0.2) is 5.13 Å². The first-order chi connectivity index (χ1) is 12.8. The van der Waals surface area contributed by atoms with Gasteiger partial charge in [-0.25, -0.2) is 4.98 Å². The molecule has 1 heterocycles. The van der Waals surface area contributed by atoms with Crippen molar-refractivity contribution in [1.82, 2.24) is 9.88 Å². The van der Waals surface area contributed by atoms with E-state index < -0.39 is 0 Å². The third-order valence-corrected chi connectivity index (χ3v) is 5.97. The van der Waals surface area contributed by atoms with Crippen LogP contribution in [0, 0.1) is 6.92 Å². The Hall–Kier alpha value is -1.18. The molecule has 3 rings (SSSR count). The van der Waals surface area contributed by atoms with Crippen LogP contribution in [0.3, 0.4) is 0 Å². The van der Waals surface area contributed by atoms with E-state index in [4.69, 9.17) is 16.6 Å². The molecule has 150 valence electrons. The summed E-state index contributed by atoms with van der Waals surface area (Å²) < 4.78 is 1.94. The highest BCUT2D eigenvalue weighted by Gasteiger charge is 2.21. The number of aromatic nitrogens is 1. The molecule has 1 amide bonds.